The van der Waals surface area contributed by atoms with Crippen LogP contribution in [-0.4, -0.2) is 91.6 Å². The van der Waals surface area contributed by atoms with Gasteiger partial charge in [-0.15, -0.1) is 0 Å². The van der Waals surface area contributed by atoms with E-state index in [0.717, 1.165) is 38.5 Å². The normalized spacial score (nSPS) is 20.1. The molecule has 0 saturated carbocycles. The van der Waals surface area contributed by atoms with E-state index in [1.165, 1.54) is 11.0 Å². The zero-order valence-corrected chi connectivity index (χ0v) is 27.7. The second kappa shape index (κ2) is 18.6. The molecule has 11 nitrogen and oxygen atoms in total. The molecule has 3 N–H and O–H groups in total. The first-order valence-electron chi connectivity index (χ1n) is 16.5. The second-order valence-electron chi connectivity index (χ2n) is 12.1. The zero-order chi connectivity index (χ0) is 33.5. The van der Waals surface area contributed by atoms with E-state index in [9.17, 15) is 19.2 Å². The summed E-state index contributed by atoms with van der Waals surface area (Å²) in [4.78, 5) is 52.5. The Balaban J connectivity index is 1.85. The number of esters is 1. The largest absolute Gasteiger partial charge is 0.456 e. The summed E-state index contributed by atoms with van der Waals surface area (Å²) < 4.78 is 19.4. The maximum Gasteiger partial charge on any atom is 0.339 e. The number of likely N-dealkylation sites (N-methyl/N-ethyl adjacent to an activating group) is 1. The third-order valence-corrected chi connectivity index (χ3v) is 8.15. The Morgan fingerprint density at radius 1 is 1.00 bits per heavy atom. The van der Waals surface area contributed by atoms with Crippen LogP contribution in [0.15, 0.2) is 42.0 Å². The van der Waals surface area contributed by atoms with Gasteiger partial charge < -0.3 is 34.9 Å². The Morgan fingerprint density at radius 2 is 1.70 bits per heavy atom. The van der Waals surface area contributed by atoms with Crippen molar-refractivity contribution in [2.45, 2.75) is 102 Å². The minimum Gasteiger partial charge on any atom is -0.456 e. The maximum atomic E-state index is 13.7. The molecule has 1 aromatic rings. The first kappa shape index (κ1) is 36.9. The molecule has 0 aromatic heterocycles. The number of rotatable bonds is 18. The van der Waals surface area contributed by atoms with Gasteiger partial charge in [-0.1, -0.05) is 57.7 Å². The number of hydrogen-bond acceptors (Lipinski definition) is 8. The maximum absolute atomic E-state index is 13.7. The summed E-state index contributed by atoms with van der Waals surface area (Å²) in [6, 6.07) is 6.87. The topological polar surface area (TPSA) is 144 Å². The molecule has 3 unspecified atom stereocenters. The van der Waals surface area contributed by atoms with Crippen molar-refractivity contribution >= 4 is 29.8 Å². The Kier molecular flexibility index (Phi) is 14.9. The Hall–Kier alpha value is -3.54. The van der Waals surface area contributed by atoms with E-state index in [1.807, 2.05) is 0 Å². The molecule has 1 heterocycles. The summed E-state index contributed by atoms with van der Waals surface area (Å²) in [5.41, 5.74) is 1.20. The van der Waals surface area contributed by atoms with Crippen LogP contribution in [0.25, 0.3) is 6.08 Å². The molecule has 0 spiro atoms. The van der Waals surface area contributed by atoms with Crippen molar-refractivity contribution in [3.8, 4) is 0 Å². The number of carbonyl (C=O) groups is 4. The molecule has 1 aromatic carbocycles. The van der Waals surface area contributed by atoms with Gasteiger partial charge in [0.05, 0.1) is 12.2 Å². The van der Waals surface area contributed by atoms with Crippen LogP contribution in [0.3, 0.4) is 0 Å². The fraction of sp³-hybridized carbons (Fsp3) is 0.600. The lowest BCUT2D eigenvalue weighted by atomic mass is 9.91. The van der Waals surface area contributed by atoms with Crippen molar-refractivity contribution in [3.05, 3.63) is 53.1 Å². The third kappa shape index (κ3) is 10.8. The quantitative estimate of drug-likeness (QED) is 0.124. The number of aliphatic hydroxyl groups excluding tert-OH is 1. The van der Waals surface area contributed by atoms with E-state index in [0.29, 0.717) is 24.0 Å². The minimum absolute atomic E-state index is 0.0572. The summed E-state index contributed by atoms with van der Waals surface area (Å²) in [6.45, 7) is 4.37. The fourth-order valence-corrected chi connectivity index (χ4v) is 5.63. The molecule has 0 radical (unpaired) electrons. The molecule has 11 heteroatoms. The van der Waals surface area contributed by atoms with Crippen molar-refractivity contribution in [1.29, 1.82) is 0 Å². The van der Waals surface area contributed by atoms with Crippen molar-refractivity contribution in [1.82, 2.24) is 15.5 Å². The molecule has 1 saturated heterocycles. The molecular formula is C35H51N3O8. The Morgan fingerprint density at radius 3 is 2.35 bits per heavy atom. The van der Waals surface area contributed by atoms with E-state index in [2.05, 4.69) is 24.5 Å². The van der Waals surface area contributed by atoms with Crippen LogP contribution < -0.4 is 10.6 Å². The zero-order valence-electron chi connectivity index (χ0n) is 27.7. The average Bonchev–Trinajstić information content (AvgIpc) is 3.41. The lowest BCUT2D eigenvalue weighted by Crippen LogP contribution is -2.44. The molecule has 254 valence electrons. The highest BCUT2D eigenvalue weighted by atomic mass is 16.8. The first-order valence-corrected chi connectivity index (χ1v) is 16.5. The highest BCUT2D eigenvalue weighted by Crippen LogP contribution is 2.43. The van der Waals surface area contributed by atoms with E-state index in [-0.39, 0.29) is 55.8 Å². The smallest absolute Gasteiger partial charge is 0.339 e. The lowest BCUT2D eigenvalue weighted by molar-refractivity contribution is -0.190. The van der Waals surface area contributed by atoms with Gasteiger partial charge in [-0.05, 0) is 36.6 Å². The van der Waals surface area contributed by atoms with Crippen molar-refractivity contribution in [2.24, 2.45) is 0 Å². The number of benzene rings is 1. The summed E-state index contributed by atoms with van der Waals surface area (Å²) in [6.07, 6.45) is 10.3. The SMILES string of the molecule is CCCCCC1(CCCCC)OC2C=C(C(=O)NCCC(=O)NCCO)CC(OC(=O)c3ccccc3C=CC(=O)N(C)C)C2O1. The number of hydrogen-bond donors (Lipinski definition) is 3. The first-order chi connectivity index (χ1) is 22.1. The van der Waals surface area contributed by atoms with Crippen molar-refractivity contribution in [2.75, 3.05) is 33.8 Å². The minimum atomic E-state index is -0.843. The highest BCUT2D eigenvalue weighted by molar-refractivity contribution is 5.97. The van der Waals surface area contributed by atoms with Crippen molar-refractivity contribution in [3.63, 3.8) is 0 Å². The van der Waals surface area contributed by atoms with Gasteiger partial charge in [-0.2, -0.15) is 0 Å². The van der Waals surface area contributed by atoms with Crippen LogP contribution >= 0.6 is 0 Å². The molecule has 1 aliphatic carbocycles. The van der Waals surface area contributed by atoms with E-state index >= 15 is 0 Å². The monoisotopic (exact) mass is 641 g/mol. The van der Waals surface area contributed by atoms with Crippen molar-refractivity contribution < 1.29 is 38.5 Å². The van der Waals surface area contributed by atoms with Crippen LogP contribution in [0.2, 0.25) is 0 Å². The van der Waals surface area contributed by atoms with E-state index in [4.69, 9.17) is 19.3 Å². The molecule has 3 rings (SSSR count). The van der Waals surface area contributed by atoms with Gasteiger partial charge in [0.15, 0.2) is 5.79 Å². The molecule has 3 amide bonds. The summed E-state index contributed by atoms with van der Waals surface area (Å²) in [7, 11) is 3.29. The summed E-state index contributed by atoms with van der Waals surface area (Å²) >= 11 is 0. The van der Waals surface area contributed by atoms with E-state index < -0.39 is 30.1 Å². The predicted molar refractivity (Wildman–Crippen MR) is 175 cm³/mol. The van der Waals surface area contributed by atoms with Gasteiger partial charge in [-0.3, -0.25) is 14.4 Å². The predicted octanol–water partition coefficient (Wildman–Crippen LogP) is 3.90. The summed E-state index contributed by atoms with van der Waals surface area (Å²) in [5.74, 6) is -2.32. The molecule has 1 fully saturated rings. The van der Waals surface area contributed by atoms with Gasteiger partial charge in [0.25, 0.3) is 0 Å². The van der Waals surface area contributed by atoms with Crippen LogP contribution in [0.1, 0.15) is 94.0 Å². The molecular weight excluding hydrogens is 590 g/mol. The molecule has 0 bridgehead atoms. The van der Waals surface area contributed by atoms with Gasteiger partial charge in [0.1, 0.15) is 18.3 Å². The van der Waals surface area contributed by atoms with Gasteiger partial charge >= 0.3 is 5.97 Å². The summed E-state index contributed by atoms with van der Waals surface area (Å²) in [5, 5.41) is 14.3. The highest BCUT2D eigenvalue weighted by Gasteiger charge is 2.52. The number of amides is 3. The van der Waals surface area contributed by atoms with Gasteiger partial charge in [0.2, 0.25) is 17.7 Å². The van der Waals surface area contributed by atoms with Crippen LogP contribution in [0.4, 0.5) is 0 Å². The van der Waals surface area contributed by atoms with Crippen LogP contribution in [0.5, 0.6) is 0 Å². The number of ether oxygens (including phenoxy) is 3. The number of fused-ring (bicyclic) bond motifs is 1. The molecule has 1 aliphatic heterocycles. The number of aliphatic hydroxyl groups is 1. The number of nitrogens with zero attached hydrogens (tertiary/aromatic N) is 1. The second-order valence-corrected chi connectivity index (χ2v) is 12.1. The number of carbonyl (C=O) groups excluding carboxylic acids is 4. The molecule has 2 aliphatic rings. The Bertz CT molecular complexity index is 1230. The van der Waals surface area contributed by atoms with Crippen LogP contribution in [-0.2, 0) is 28.6 Å². The third-order valence-electron chi connectivity index (χ3n) is 8.15. The molecule has 3 atom stereocenters. The van der Waals surface area contributed by atoms with Gasteiger partial charge in [-0.25, -0.2) is 4.79 Å². The Labute approximate surface area is 272 Å². The standard InChI is InChI=1S/C35H51N3O8/c1-5-7-11-18-35(19-12-8-6-2)45-29-24-26(33(42)37-20-17-30(40)36-21-22-39)23-28(32(29)46-35)44-34(43)27-14-10-9-13-25(27)15-16-31(41)38(3)4/h9-10,13-16,24,28-29,32,39H,5-8,11-12,17-23H2,1-4H3,(H,36,40)(H,37,42). The number of nitrogens with one attached hydrogen (secondary N) is 2. The van der Waals surface area contributed by atoms with E-state index in [1.54, 1.807) is 50.5 Å². The average molecular weight is 642 g/mol. The lowest BCUT2D eigenvalue weighted by Gasteiger charge is -2.31. The molecule has 46 heavy (non-hydrogen) atoms. The van der Waals surface area contributed by atoms with Gasteiger partial charge in [0, 0.05) is 64.5 Å². The van der Waals surface area contributed by atoms with Crippen LogP contribution in [0, 0.1) is 0 Å². The fourth-order valence-electron chi connectivity index (χ4n) is 5.63. The number of unbranched alkanes of at least 4 members (excludes halogenated alkanes) is 4.